The summed E-state index contributed by atoms with van der Waals surface area (Å²) in [6.45, 7) is 0. The second kappa shape index (κ2) is 4.83. The summed E-state index contributed by atoms with van der Waals surface area (Å²) in [6.07, 6.45) is 4.74. The molecule has 1 fully saturated rings. The maximum atomic E-state index is 13.5. The molecule has 1 aliphatic rings. The number of para-hydroxylation sites is 1. The minimum atomic E-state index is -0.326. The molecule has 1 aromatic rings. The fourth-order valence-corrected chi connectivity index (χ4v) is 2.57. The first kappa shape index (κ1) is 11.4. The van der Waals surface area contributed by atoms with E-state index < -0.39 is 0 Å². The Hall–Kier alpha value is -1.09. The van der Waals surface area contributed by atoms with Gasteiger partial charge in [0.2, 0.25) is 0 Å². The first-order valence-corrected chi connectivity index (χ1v) is 5.82. The molecule has 2 N–H and O–H groups in total. The Morgan fingerprint density at radius 2 is 2.06 bits per heavy atom. The zero-order valence-corrected chi connectivity index (χ0v) is 9.58. The van der Waals surface area contributed by atoms with Gasteiger partial charge in [-0.3, -0.25) is 0 Å². The molecule has 0 spiro atoms. The molecule has 1 aromatic carbocycles. The lowest BCUT2D eigenvalue weighted by Gasteiger charge is -2.21. The van der Waals surface area contributed by atoms with Gasteiger partial charge < -0.3 is 10.5 Å². The molecule has 1 aliphatic carbocycles. The van der Waals surface area contributed by atoms with Crippen molar-refractivity contribution in [2.24, 2.45) is 11.7 Å². The number of benzene rings is 1. The van der Waals surface area contributed by atoms with E-state index in [-0.39, 0.29) is 11.9 Å². The molecule has 0 radical (unpaired) electrons. The van der Waals surface area contributed by atoms with Gasteiger partial charge in [0.1, 0.15) is 0 Å². The first-order valence-electron chi connectivity index (χ1n) is 5.82. The molecule has 0 bridgehead atoms. The molecule has 16 heavy (non-hydrogen) atoms. The van der Waals surface area contributed by atoms with Gasteiger partial charge >= 0.3 is 0 Å². The van der Waals surface area contributed by atoms with Crippen LogP contribution in [0.4, 0.5) is 4.39 Å². The predicted octanol–water partition coefficient (Wildman–Crippen LogP) is 3.02. The number of hydrogen-bond donors (Lipinski definition) is 1. The SMILES string of the molecule is COc1c(F)cccc1[C@@H](N)C1CCCC1. The molecule has 0 heterocycles. The summed E-state index contributed by atoms with van der Waals surface area (Å²) in [5.74, 6) is 0.450. The molecule has 0 saturated heterocycles. The van der Waals surface area contributed by atoms with Crippen molar-refractivity contribution in [1.82, 2.24) is 0 Å². The Balaban J connectivity index is 2.27. The van der Waals surface area contributed by atoms with E-state index in [1.807, 2.05) is 6.07 Å². The van der Waals surface area contributed by atoms with Crippen molar-refractivity contribution < 1.29 is 9.13 Å². The number of halogens is 1. The van der Waals surface area contributed by atoms with E-state index in [9.17, 15) is 4.39 Å². The topological polar surface area (TPSA) is 35.2 Å². The first-order chi connectivity index (χ1) is 7.74. The number of rotatable bonds is 3. The minimum Gasteiger partial charge on any atom is -0.493 e. The van der Waals surface area contributed by atoms with Crippen molar-refractivity contribution in [3.8, 4) is 5.75 Å². The van der Waals surface area contributed by atoms with Crippen molar-refractivity contribution in [2.75, 3.05) is 7.11 Å². The summed E-state index contributed by atoms with van der Waals surface area (Å²) in [7, 11) is 1.49. The van der Waals surface area contributed by atoms with Crippen LogP contribution < -0.4 is 10.5 Å². The summed E-state index contributed by atoms with van der Waals surface area (Å²) in [5, 5.41) is 0. The van der Waals surface area contributed by atoms with Crippen LogP contribution in [0.2, 0.25) is 0 Å². The van der Waals surface area contributed by atoms with Crippen molar-refractivity contribution in [3.05, 3.63) is 29.6 Å². The zero-order valence-electron chi connectivity index (χ0n) is 9.58. The van der Waals surface area contributed by atoms with Gasteiger partial charge in [0, 0.05) is 11.6 Å². The maximum absolute atomic E-state index is 13.5. The highest BCUT2D eigenvalue weighted by Crippen LogP contribution is 2.38. The molecule has 1 saturated carbocycles. The van der Waals surface area contributed by atoms with Crippen molar-refractivity contribution in [1.29, 1.82) is 0 Å². The molecular weight excluding hydrogens is 205 g/mol. The van der Waals surface area contributed by atoms with Crippen LogP contribution in [0.1, 0.15) is 37.3 Å². The van der Waals surface area contributed by atoms with Crippen LogP contribution in [0.15, 0.2) is 18.2 Å². The highest BCUT2D eigenvalue weighted by atomic mass is 19.1. The van der Waals surface area contributed by atoms with Crippen LogP contribution in [-0.2, 0) is 0 Å². The molecule has 0 aliphatic heterocycles. The quantitative estimate of drug-likeness (QED) is 0.854. The fraction of sp³-hybridized carbons (Fsp3) is 0.538. The fourth-order valence-electron chi connectivity index (χ4n) is 2.57. The van der Waals surface area contributed by atoms with E-state index in [2.05, 4.69) is 0 Å². The Labute approximate surface area is 95.6 Å². The van der Waals surface area contributed by atoms with Crippen LogP contribution in [-0.4, -0.2) is 7.11 Å². The molecular formula is C13H18FNO. The highest BCUT2D eigenvalue weighted by Gasteiger charge is 2.26. The third kappa shape index (κ3) is 2.05. The van der Waals surface area contributed by atoms with Crippen LogP contribution in [0.3, 0.4) is 0 Å². The maximum Gasteiger partial charge on any atom is 0.165 e. The smallest absolute Gasteiger partial charge is 0.165 e. The van der Waals surface area contributed by atoms with E-state index in [0.29, 0.717) is 11.7 Å². The summed E-state index contributed by atoms with van der Waals surface area (Å²) >= 11 is 0. The van der Waals surface area contributed by atoms with E-state index in [1.165, 1.54) is 26.0 Å². The van der Waals surface area contributed by atoms with Gasteiger partial charge in [0.25, 0.3) is 0 Å². The average Bonchev–Trinajstić information content (AvgIpc) is 2.81. The lowest BCUT2D eigenvalue weighted by molar-refractivity contribution is 0.363. The lowest BCUT2D eigenvalue weighted by Crippen LogP contribution is -2.20. The van der Waals surface area contributed by atoms with Crippen molar-refractivity contribution in [3.63, 3.8) is 0 Å². The zero-order chi connectivity index (χ0) is 11.5. The Morgan fingerprint density at radius 3 is 2.69 bits per heavy atom. The number of methoxy groups -OCH3 is 1. The number of nitrogens with two attached hydrogens (primary N) is 1. The van der Waals surface area contributed by atoms with Crippen LogP contribution in [0.5, 0.6) is 5.75 Å². The molecule has 2 nitrogen and oxygen atoms in total. The minimum absolute atomic E-state index is 0.104. The standard InChI is InChI=1S/C13H18FNO/c1-16-13-10(7-4-8-11(13)14)12(15)9-5-2-3-6-9/h4,7-9,12H,2-3,5-6,15H2,1H3/t12-/m0/s1. The number of ether oxygens (including phenoxy) is 1. The summed E-state index contributed by atoms with van der Waals surface area (Å²) in [5.41, 5.74) is 7.00. The Bertz CT molecular complexity index is 361. The molecule has 2 rings (SSSR count). The summed E-state index contributed by atoms with van der Waals surface area (Å²) < 4.78 is 18.6. The third-order valence-electron chi connectivity index (χ3n) is 3.47. The second-order valence-corrected chi connectivity index (χ2v) is 4.43. The van der Waals surface area contributed by atoms with Gasteiger partial charge in [-0.2, -0.15) is 0 Å². The number of hydrogen-bond acceptors (Lipinski definition) is 2. The van der Waals surface area contributed by atoms with Crippen LogP contribution in [0.25, 0.3) is 0 Å². The second-order valence-electron chi connectivity index (χ2n) is 4.43. The average molecular weight is 223 g/mol. The van der Waals surface area contributed by atoms with Gasteiger partial charge in [-0.25, -0.2) is 4.39 Å². The normalized spacial score (nSPS) is 18.7. The summed E-state index contributed by atoms with van der Waals surface area (Å²) in [4.78, 5) is 0. The predicted molar refractivity (Wildman–Crippen MR) is 61.8 cm³/mol. The van der Waals surface area contributed by atoms with Gasteiger partial charge in [-0.1, -0.05) is 25.0 Å². The molecule has 0 amide bonds. The third-order valence-corrected chi connectivity index (χ3v) is 3.47. The largest absolute Gasteiger partial charge is 0.493 e. The van der Waals surface area contributed by atoms with Gasteiger partial charge in [-0.05, 0) is 24.8 Å². The Morgan fingerprint density at radius 1 is 1.38 bits per heavy atom. The molecule has 88 valence electrons. The van der Waals surface area contributed by atoms with Gasteiger partial charge in [0.05, 0.1) is 7.11 Å². The van der Waals surface area contributed by atoms with E-state index >= 15 is 0 Å². The molecule has 0 aromatic heterocycles. The highest BCUT2D eigenvalue weighted by molar-refractivity contribution is 5.37. The van der Waals surface area contributed by atoms with Crippen LogP contribution >= 0.6 is 0 Å². The van der Waals surface area contributed by atoms with E-state index in [1.54, 1.807) is 6.07 Å². The molecule has 3 heteroatoms. The van der Waals surface area contributed by atoms with E-state index in [4.69, 9.17) is 10.5 Å². The van der Waals surface area contributed by atoms with Crippen molar-refractivity contribution >= 4 is 0 Å². The summed E-state index contributed by atoms with van der Waals surface area (Å²) in [6, 6.07) is 4.87. The van der Waals surface area contributed by atoms with E-state index in [0.717, 1.165) is 18.4 Å². The van der Waals surface area contributed by atoms with Crippen LogP contribution in [0, 0.1) is 11.7 Å². The van der Waals surface area contributed by atoms with Gasteiger partial charge in [-0.15, -0.1) is 0 Å². The monoisotopic (exact) mass is 223 g/mol. The molecule has 1 atom stereocenters. The lowest BCUT2D eigenvalue weighted by atomic mass is 9.92. The van der Waals surface area contributed by atoms with Gasteiger partial charge in [0.15, 0.2) is 11.6 Å². The molecule has 0 unspecified atom stereocenters. The van der Waals surface area contributed by atoms with Crippen molar-refractivity contribution in [2.45, 2.75) is 31.7 Å². The Kier molecular flexibility index (Phi) is 3.44.